The summed E-state index contributed by atoms with van der Waals surface area (Å²) in [5.74, 6) is 0.587. The highest BCUT2D eigenvalue weighted by molar-refractivity contribution is 5.82. The van der Waals surface area contributed by atoms with Gasteiger partial charge in [0.25, 0.3) is 0 Å². The summed E-state index contributed by atoms with van der Waals surface area (Å²) in [5.41, 5.74) is 5.46. The van der Waals surface area contributed by atoms with Gasteiger partial charge in [0.15, 0.2) is 0 Å². The van der Waals surface area contributed by atoms with E-state index in [9.17, 15) is 0 Å². The van der Waals surface area contributed by atoms with Gasteiger partial charge in [0.05, 0.1) is 6.20 Å². The fourth-order valence-electron chi connectivity index (χ4n) is 4.61. The number of benzene rings is 3. The van der Waals surface area contributed by atoms with E-state index in [1.165, 1.54) is 46.0 Å². The highest BCUT2D eigenvalue weighted by Gasteiger charge is 2.24. The molecule has 0 amide bonds. The van der Waals surface area contributed by atoms with Gasteiger partial charge in [-0.15, -0.1) is 0 Å². The molecule has 0 spiro atoms. The highest BCUT2D eigenvalue weighted by Crippen LogP contribution is 2.30. The molecule has 0 saturated carbocycles. The SMILES string of the molecule is c1ccc(Cc2cn[nH]c2C2CCN(Cc3ccc4ccccc4c3)CC2)cc1. The van der Waals surface area contributed by atoms with Gasteiger partial charge in [0.2, 0.25) is 0 Å². The molecule has 1 aromatic heterocycles. The summed E-state index contributed by atoms with van der Waals surface area (Å²) in [4.78, 5) is 2.59. The van der Waals surface area contributed by atoms with Crippen molar-refractivity contribution in [2.45, 2.75) is 31.7 Å². The van der Waals surface area contributed by atoms with Crippen LogP contribution in [0.4, 0.5) is 0 Å². The van der Waals surface area contributed by atoms with Gasteiger partial charge in [0.1, 0.15) is 0 Å². The number of aromatic nitrogens is 2. The van der Waals surface area contributed by atoms with Crippen molar-refractivity contribution in [1.29, 1.82) is 0 Å². The highest BCUT2D eigenvalue weighted by atomic mass is 15.1. The summed E-state index contributed by atoms with van der Waals surface area (Å²) in [6.07, 6.45) is 5.36. The van der Waals surface area contributed by atoms with E-state index in [0.717, 1.165) is 26.1 Å². The minimum Gasteiger partial charge on any atom is -0.299 e. The Morgan fingerprint density at radius 3 is 2.41 bits per heavy atom. The predicted octanol–water partition coefficient (Wildman–Crippen LogP) is 5.53. The molecule has 4 aromatic rings. The van der Waals surface area contributed by atoms with Crippen molar-refractivity contribution < 1.29 is 0 Å². The second kappa shape index (κ2) is 8.22. The Hall–Kier alpha value is -2.91. The molecule has 1 aliphatic rings. The maximum absolute atomic E-state index is 4.37. The van der Waals surface area contributed by atoms with Crippen molar-refractivity contribution >= 4 is 10.8 Å². The average Bonchev–Trinajstić information content (AvgIpc) is 3.23. The van der Waals surface area contributed by atoms with Gasteiger partial charge in [0, 0.05) is 24.6 Å². The Labute approximate surface area is 172 Å². The number of rotatable bonds is 5. The van der Waals surface area contributed by atoms with Crippen LogP contribution in [0.3, 0.4) is 0 Å². The number of nitrogens with zero attached hydrogens (tertiary/aromatic N) is 2. The van der Waals surface area contributed by atoms with Crippen molar-refractivity contribution in [2.75, 3.05) is 13.1 Å². The first-order valence-electron chi connectivity index (χ1n) is 10.6. The second-order valence-corrected chi connectivity index (χ2v) is 8.20. The molecule has 1 aliphatic heterocycles. The zero-order valence-electron chi connectivity index (χ0n) is 16.7. The molecule has 1 fully saturated rings. The molecule has 3 nitrogen and oxygen atoms in total. The summed E-state index contributed by atoms with van der Waals surface area (Å²) in [7, 11) is 0. The van der Waals surface area contributed by atoms with Gasteiger partial charge >= 0.3 is 0 Å². The predicted molar refractivity (Wildman–Crippen MR) is 119 cm³/mol. The van der Waals surface area contributed by atoms with Gasteiger partial charge < -0.3 is 0 Å². The van der Waals surface area contributed by atoms with E-state index in [1.54, 1.807) is 0 Å². The van der Waals surface area contributed by atoms with E-state index in [0.29, 0.717) is 5.92 Å². The molecule has 0 bridgehead atoms. The molecule has 29 heavy (non-hydrogen) atoms. The topological polar surface area (TPSA) is 31.9 Å². The van der Waals surface area contributed by atoms with Crippen molar-refractivity contribution in [1.82, 2.24) is 15.1 Å². The monoisotopic (exact) mass is 381 g/mol. The van der Waals surface area contributed by atoms with Gasteiger partial charge in [-0.25, -0.2) is 0 Å². The summed E-state index contributed by atoms with van der Waals surface area (Å²) < 4.78 is 0. The summed E-state index contributed by atoms with van der Waals surface area (Å²) in [6, 6.07) is 26.2. The number of piperidine rings is 1. The van der Waals surface area contributed by atoms with Gasteiger partial charge in [-0.1, -0.05) is 66.7 Å². The zero-order valence-corrected chi connectivity index (χ0v) is 16.7. The fraction of sp³-hybridized carbons (Fsp3) is 0.269. The summed E-state index contributed by atoms with van der Waals surface area (Å²) >= 11 is 0. The molecule has 3 heteroatoms. The van der Waals surface area contributed by atoms with Crippen LogP contribution in [0.25, 0.3) is 10.8 Å². The fourth-order valence-corrected chi connectivity index (χ4v) is 4.61. The van der Waals surface area contributed by atoms with E-state index in [4.69, 9.17) is 0 Å². The van der Waals surface area contributed by atoms with Crippen LogP contribution in [0.5, 0.6) is 0 Å². The van der Waals surface area contributed by atoms with Gasteiger partial charge in [-0.2, -0.15) is 5.10 Å². The Balaban J connectivity index is 1.22. The van der Waals surface area contributed by atoms with Crippen molar-refractivity contribution in [3.05, 3.63) is 101 Å². The lowest BCUT2D eigenvalue weighted by atomic mass is 9.89. The molecule has 0 atom stereocenters. The Morgan fingerprint density at radius 1 is 0.828 bits per heavy atom. The van der Waals surface area contributed by atoms with Crippen molar-refractivity contribution in [3.63, 3.8) is 0 Å². The minimum atomic E-state index is 0.587. The van der Waals surface area contributed by atoms with E-state index in [-0.39, 0.29) is 0 Å². The van der Waals surface area contributed by atoms with E-state index >= 15 is 0 Å². The third-order valence-corrected chi connectivity index (χ3v) is 6.20. The number of likely N-dealkylation sites (tertiary alicyclic amines) is 1. The van der Waals surface area contributed by atoms with E-state index < -0.39 is 0 Å². The first-order chi connectivity index (χ1) is 14.3. The Bertz CT molecular complexity index is 1080. The molecule has 0 radical (unpaired) electrons. The Kier molecular flexibility index (Phi) is 5.14. The number of hydrogen-bond acceptors (Lipinski definition) is 2. The number of H-pyrrole nitrogens is 1. The van der Waals surface area contributed by atoms with Crippen LogP contribution in [0, 0.1) is 0 Å². The molecular weight excluding hydrogens is 354 g/mol. The maximum Gasteiger partial charge on any atom is 0.0525 e. The quantitative estimate of drug-likeness (QED) is 0.493. The molecule has 3 aromatic carbocycles. The lowest BCUT2D eigenvalue weighted by Crippen LogP contribution is -2.32. The third-order valence-electron chi connectivity index (χ3n) is 6.20. The number of nitrogens with one attached hydrogen (secondary N) is 1. The molecule has 5 rings (SSSR count). The first-order valence-corrected chi connectivity index (χ1v) is 10.6. The first kappa shape index (κ1) is 18.1. The van der Waals surface area contributed by atoms with Crippen LogP contribution in [0.1, 0.15) is 41.1 Å². The molecular formula is C26H27N3. The standard InChI is InChI=1S/C26H27N3/c1-2-6-20(7-3-1)16-25-18-27-28-26(25)23-12-14-29(15-13-23)19-21-10-11-22-8-4-5-9-24(22)17-21/h1-11,17-18,23H,12-16,19H2,(H,27,28). The normalized spacial score (nSPS) is 15.7. The van der Waals surface area contributed by atoms with Crippen LogP contribution >= 0.6 is 0 Å². The molecule has 0 aliphatic carbocycles. The van der Waals surface area contributed by atoms with Crippen LogP contribution in [-0.2, 0) is 13.0 Å². The number of fused-ring (bicyclic) bond motifs is 1. The lowest BCUT2D eigenvalue weighted by Gasteiger charge is -2.32. The minimum absolute atomic E-state index is 0.587. The van der Waals surface area contributed by atoms with Crippen LogP contribution < -0.4 is 0 Å². The average molecular weight is 382 g/mol. The Morgan fingerprint density at radius 2 is 1.59 bits per heavy atom. The second-order valence-electron chi connectivity index (χ2n) is 8.20. The maximum atomic E-state index is 4.37. The molecule has 2 heterocycles. The van der Waals surface area contributed by atoms with Gasteiger partial charge in [-0.05, 0) is 59.5 Å². The molecule has 1 N–H and O–H groups in total. The molecule has 1 saturated heterocycles. The molecule has 146 valence electrons. The number of hydrogen-bond donors (Lipinski definition) is 1. The van der Waals surface area contributed by atoms with Gasteiger partial charge in [-0.3, -0.25) is 10.00 Å². The summed E-state index contributed by atoms with van der Waals surface area (Å²) in [6.45, 7) is 3.32. The van der Waals surface area contributed by atoms with Crippen LogP contribution in [0.2, 0.25) is 0 Å². The lowest BCUT2D eigenvalue weighted by molar-refractivity contribution is 0.203. The van der Waals surface area contributed by atoms with E-state index in [1.807, 2.05) is 6.20 Å². The largest absolute Gasteiger partial charge is 0.299 e. The zero-order chi connectivity index (χ0) is 19.5. The number of aromatic amines is 1. The van der Waals surface area contributed by atoms with E-state index in [2.05, 4.69) is 87.9 Å². The summed E-state index contributed by atoms with van der Waals surface area (Å²) in [5, 5.41) is 10.3. The third kappa shape index (κ3) is 4.10. The molecule has 0 unspecified atom stereocenters. The van der Waals surface area contributed by atoms with Crippen molar-refractivity contribution in [2.24, 2.45) is 0 Å². The van der Waals surface area contributed by atoms with Crippen molar-refractivity contribution in [3.8, 4) is 0 Å². The smallest absolute Gasteiger partial charge is 0.0525 e. The van der Waals surface area contributed by atoms with Crippen LogP contribution in [-0.4, -0.2) is 28.2 Å². The van der Waals surface area contributed by atoms with Crippen LogP contribution in [0.15, 0.2) is 79.0 Å².